The minimum absolute atomic E-state index is 0.233. The molecule has 0 fully saturated rings. The average Bonchev–Trinajstić information content (AvgIpc) is 2.82. The van der Waals surface area contributed by atoms with Crippen LogP contribution in [-0.2, 0) is 5.75 Å². The third-order valence-electron chi connectivity index (χ3n) is 3.01. The van der Waals surface area contributed by atoms with Crippen LogP contribution >= 0.6 is 27.7 Å². The lowest BCUT2D eigenvalue weighted by atomic mass is 10.2. The number of hydrogen-bond acceptors (Lipinski definition) is 2. The SMILES string of the molecule is Cc1ccc2nc(SCc3cccc(F)c3Br)[nH]c2c1. The van der Waals surface area contributed by atoms with Crippen LogP contribution < -0.4 is 0 Å². The lowest BCUT2D eigenvalue weighted by Crippen LogP contribution is -1.87. The molecule has 0 spiro atoms. The summed E-state index contributed by atoms with van der Waals surface area (Å²) in [6.45, 7) is 2.05. The van der Waals surface area contributed by atoms with Crippen molar-refractivity contribution in [2.24, 2.45) is 0 Å². The van der Waals surface area contributed by atoms with Crippen molar-refractivity contribution in [1.82, 2.24) is 9.97 Å². The number of aromatic nitrogens is 2. The third kappa shape index (κ3) is 2.74. The van der Waals surface area contributed by atoms with E-state index in [1.807, 2.05) is 18.2 Å². The third-order valence-corrected chi connectivity index (χ3v) is 4.82. The zero-order valence-corrected chi connectivity index (χ0v) is 13.2. The molecular weight excluding hydrogens is 339 g/mol. The molecule has 5 heteroatoms. The maximum atomic E-state index is 13.4. The molecule has 0 aliphatic carbocycles. The minimum Gasteiger partial charge on any atom is -0.333 e. The maximum Gasteiger partial charge on any atom is 0.166 e. The Morgan fingerprint density at radius 2 is 2.15 bits per heavy atom. The molecule has 0 unspecified atom stereocenters. The number of thioether (sulfide) groups is 1. The fourth-order valence-electron chi connectivity index (χ4n) is 1.97. The summed E-state index contributed by atoms with van der Waals surface area (Å²) in [6, 6.07) is 11.2. The zero-order valence-electron chi connectivity index (χ0n) is 10.8. The molecule has 2 aromatic carbocycles. The fourth-order valence-corrected chi connectivity index (χ4v) is 3.44. The second kappa shape index (κ2) is 5.58. The summed E-state index contributed by atoms with van der Waals surface area (Å²) in [7, 11) is 0. The van der Waals surface area contributed by atoms with Gasteiger partial charge in [-0.25, -0.2) is 9.37 Å². The van der Waals surface area contributed by atoms with Crippen molar-refractivity contribution in [3.63, 3.8) is 0 Å². The number of nitrogens with zero attached hydrogens (tertiary/aromatic N) is 1. The second-order valence-electron chi connectivity index (χ2n) is 4.56. The Labute approximate surface area is 128 Å². The summed E-state index contributed by atoms with van der Waals surface area (Å²) in [4.78, 5) is 7.80. The molecule has 0 aliphatic heterocycles. The van der Waals surface area contributed by atoms with E-state index >= 15 is 0 Å². The Morgan fingerprint density at radius 1 is 1.30 bits per heavy atom. The number of nitrogens with one attached hydrogen (secondary N) is 1. The van der Waals surface area contributed by atoms with Crippen molar-refractivity contribution in [3.8, 4) is 0 Å². The second-order valence-corrected chi connectivity index (χ2v) is 6.32. The highest BCUT2D eigenvalue weighted by Crippen LogP contribution is 2.28. The number of rotatable bonds is 3. The van der Waals surface area contributed by atoms with E-state index in [9.17, 15) is 4.39 Å². The highest BCUT2D eigenvalue weighted by molar-refractivity contribution is 9.10. The quantitative estimate of drug-likeness (QED) is 0.668. The molecule has 0 bridgehead atoms. The molecule has 0 radical (unpaired) electrons. The zero-order chi connectivity index (χ0) is 14.1. The molecule has 1 aromatic heterocycles. The lowest BCUT2D eigenvalue weighted by Gasteiger charge is -2.03. The van der Waals surface area contributed by atoms with E-state index in [1.165, 1.54) is 11.6 Å². The Morgan fingerprint density at radius 3 is 3.00 bits per heavy atom. The standard InChI is InChI=1S/C15H12BrFN2S/c1-9-5-6-12-13(7-9)19-15(18-12)20-8-10-3-2-4-11(17)14(10)16/h2-7H,8H2,1H3,(H,18,19). The molecule has 3 rings (SSSR count). The van der Waals surface area contributed by atoms with Gasteiger partial charge in [0, 0.05) is 5.75 Å². The van der Waals surface area contributed by atoms with Crippen LogP contribution in [0, 0.1) is 12.7 Å². The largest absolute Gasteiger partial charge is 0.333 e. The smallest absolute Gasteiger partial charge is 0.166 e. The van der Waals surface area contributed by atoms with Gasteiger partial charge in [-0.05, 0) is 52.2 Å². The number of aryl methyl sites for hydroxylation is 1. The molecule has 0 atom stereocenters. The predicted molar refractivity (Wildman–Crippen MR) is 84.5 cm³/mol. The van der Waals surface area contributed by atoms with Crippen molar-refractivity contribution in [1.29, 1.82) is 0 Å². The minimum atomic E-state index is -0.233. The van der Waals surface area contributed by atoms with Gasteiger partial charge in [0.15, 0.2) is 5.16 Å². The van der Waals surface area contributed by atoms with E-state index in [2.05, 4.69) is 38.9 Å². The molecule has 1 N–H and O–H groups in total. The first-order valence-corrected chi connectivity index (χ1v) is 7.93. The molecule has 102 valence electrons. The van der Waals surface area contributed by atoms with E-state index in [0.29, 0.717) is 10.2 Å². The monoisotopic (exact) mass is 350 g/mol. The Hall–Kier alpha value is -1.33. The van der Waals surface area contributed by atoms with Crippen molar-refractivity contribution in [2.45, 2.75) is 17.8 Å². The summed E-state index contributed by atoms with van der Waals surface area (Å²) in [5.41, 5.74) is 4.11. The van der Waals surface area contributed by atoms with Gasteiger partial charge in [-0.15, -0.1) is 0 Å². The maximum absolute atomic E-state index is 13.4. The van der Waals surface area contributed by atoms with Gasteiger partial charge in [0.2, 0.25) is 0 Å². The summed E-state index contributed by atoms with van der Waals surface area (Å²) in [5, 5.41) is 0.849. The molecule has 0 saturated carbocycles. The van der Waals surface area contributed by atoms with E-state index < -0.39 is 0 Å². The van der Waals surface area contributed by atoms with Crippen LogP contribution in [0.1, 0.15) is 11.1 Å². The first kappa shape index (κ1) is 13.6. The molecule has 0 aliphatic rings. The average molecular weight is 351 g/mol. The van der Waals surface area contributed by atoms with Crippen molar-refractivity contribution in [2.75, 3.05) is 0 Å². The predicted octanol–water partition coefficient (Wildman–Crippen LogP) is 5.07. The number of benzene rings is 2. The van der Waals surface area contributed by atoms with Gasteiger partial charge in [0.05, 0.1) is 15.5 Å². The molecule has 0 saturated heterocycles. The summed E-state index contributed by atoms with van der Waals surface area (Å²) >= 11 is 4.84. The van der Waals surface area contributed by atoms with Gasteiger partial charge < -0.3 is 4.98 Å². The van der Waals surface area contributed by atoms with Crippen molar-refractivity contribution < 1.29 is 4.39 Å². The van der Waals surface area contributed by atoms with Crippen LogP contribution in [0.4, 0.5) is 4.39 Å². The van der Waals surface area contributed by atoms with Crippen LogP contribution in [0.15, 0.2) is 46.0 Å². The summed E-state index contributed by atoms with van der Waals surface area (Å²) < 4.78 is 14.0. The first-order chi connectivity index (χ1) is 9.63. The van der Waals surface area contributed by atoms with Gasteiger partial charge in [-0.3, -0.25) is 0 Å². The molecule has 20 heavy (non-hydrogen) atoms. The lowest BCUT2D eigenvalue weighted by molar-refractivity contribution is 0.619. The van der Waals surface area contributed by atoms with Crippen LogP contribution in [-0.4, -0.2) is 9.97 Å². The van der Waals surface area contributed by atoms with Gasteiger partial charge in [-0.1, -0.05) is 30.0 Å². The molecular formula is C15H12BrFN2S. The number of halogens is 2. The number of imidazole rings is 1. The van der Waals surface area contributed by atoms with Crippen LogP contribution in [0.2, 0.25) is 0 Å². The summed E-state index contributed by atoms with van der Waals surface area (Å²) in [6.07, 6.45) is 0. The topological polar surface area (TPSA) is 28.7 Å². The van der Waals surface area contributed by atoms with E-state index in [1.54, 1.807) is 17.8 Å². The van der Waals surface area contributed by atoms with Gasteiger partial charge in [0.1, 0.15) is 5.82 Å². The van der Waals surface area contributed by atoms with Crippen molar-refractivity contribution >= 4 is 38.7 Å². The number of fused-ring (bicyclic) bond motifs is 1. The fraction of sp³-hybridized carbons (Fsp3) is 0.133. The van der Waals surface area contributed by atoms with E-state index in [4.69, 9.17) is 0 Å². The summed E-state index contributed by atoms with van der Waals surface area (Å²) in [5.74, 6) is 0.431. The van der Waals surface area contributed by atoms with Crippen LogP contribution in [0.25, 0.3) is 11.0 Å². The van der Waals surface area contributed by atoms with Crippen molar-refractivity contribution in [3.05, 3.63) is 57.8 Å². The number of aromatic amines is 1. The Kier molecular flexibility index (Phi) is 3.81. The highest BCUT2D eigenvalue weighted by atomic mass is 79.9. The highest BCUT2D eigenvalue weighted by Gasteiger charge is 2.08. The normalized spacial score (nSPS) is 11.2. The first-order valence-electron chi connectivity index (χ1n) is 6.15. The molecule has 1 heterocycles. The molecule has 3 aromatic rings. The van der Waals surface area contributed by atoms with Gasteiger partial charge in [-0.2, -0.15) is 0 Å². The van der Waals surface area contributed by atoms with Crippen LogP contribution in [0.3, 0.4) is 0 Å². The van der Waals surface area contributed by atoms with E-state index in [-0.39, 0.29) is 5.82 Å². The number of H-pyrrole nitrogens is 1. The van der Waals surface area contributed by atoms with Crippen LogP contribution in [0.5, 0.6) is 0 Å². The molecule has 0 amide bonds. The number of hydrogen-bond donors (Lipinski definition) is 1. The van der Waals surface area contributed by atoms with Gasteiger partial charge in [0.25, 0.3) is 0 Å². The van der Waals surface area contributed by atoms with Gasteiger partial charge >= 0.3 is 0 Å². The molecule has 2 nitrogen and oxygen atoms in total. The van der Waals surface area contributed by atoms with E-state index in [0.717, 1.165) is 21.8 Å². The Balaban J connectivity index is 1.81. The Bertz CT molecular complexity index is 770.